The van der Waals surface area contributed by atoms with Crippen molar-refractivity contribution in [2.75, 3.05) is 20.9 Å². The first-order valence-electron chi connectivity index (χ1n) is 8.00. The topological polar surface area (TPSA) is 85.5 Å². The van der Waals surface area contributed by atoms with Gasteiger partial charge in [-0.3, -0.25) is 9.20 Å². The summed E-state index contributed by atoms with van der Waals surface area (Å²) in [5.74, 6) is 1.23. The van der Waals surface area contributed by atoms with Crippen molar-refractivity contribution in [3.63, 3.8) is 0 Å². The molecule has 8 nitrogen and oxygen atoms in total. The number of hydrogen-bond acceptors (Lipinski definition) is 7. The van der Waals surface area contributed by atoms with Crippen LogP contribution in [0.4, 0.5) is 5.69 Å². The Morgan fingerprint density at radius 2 is 2.04 bits per heavy atom. The van der Waals surface area contributed by atoms with Crippen LogP contribution in [0.2, 0.25) is 0 Å². The minimum absolute atomic E-state index is 0.163. The first-order chi connectivity index (χ1) is 12.6. The summed E-state index contributed by atoms with van der Waals surface area (Å²) in [6.45, 7) is 0.689. The predicted molar refractivity (Wildman–Crippen MR) is 95.9 cm³/mol. The zero-order valence-electron chi connectivity index (χ0n) is 14.3. The van der Waals surface area contributed by atoms with E-state index in [2.05, 4.69) is 10.2 Å². The molecule has 132 valence electrons. The van der Waals surface area contributed by atoms with Crippen LogP contribution in [0.15, 0.2) is 46.6 Å². The maximum Gasteiger partial charge on any atom is 0.265 e. The third-order valence-corrected chi connectivity index (χ3v) is 4.20. The molecule has 26 heavy (non-hydrogen) atoms. The average molecular weight is 352 g/mol. The van der Waals surface area contributed by atoms with E-state index in [1.807, 2.05) is 19.0 Å². The third kappa shape index (κ3) is 2.60. The van der Waals surface area contributed by atoms with E-state index >= 15 is 0 Å². The molecule has 4 rings (SSSR count). The fourth-order valence-electron chi connectivity index (χ4n) is 3.00. The molecule has 8 heteroatoms. The molecule has 0 radical (unpaired) electrons. The fraction of sp³-hybridized carbons (Fsp3) is 0.222. The van der Waals surface area contributed by atoms with Gasteiger partial charge in [0.1, 0.15) is 0 Å². The molecule has 0 atom stereocenters. The number of ether oxygens (including phenoxy) is 2. The van der Waals surface area contributed by atoms with Crippen LogP contribution in [0, 0.1) is 4.91 Å². The molecular weight excluding hydrogens is 336 g/mol. The number of rotatable bonds is 4. The first-order valence-corrected chi connectivity index (χ1v) is 8.00. The van der Waals surface area contributed by atoms with Crippen molar-refractivity contribution in [2.45, 2.75) is 6.54 Å². The highest BCUT2D eigenvalue weighted by Gasteiger charge is 2.18. The number of aromatic nitrogens is 2. The Morgan fingerprint density at radius 1 is 1.23 bits per heavy atom. The largest absolute Gasteiger partial charge is 0.454 e. The molecule has 3 aromatic rings. The monoisotopic (exact) mass is 352 g/mol. The maximum atomic E-state index is 12.9. The van der Waals surface area contributed by atoms with Gasteiger partial charge < -0.3 is 14.4 Å². The van der Waals surface area contributed by atoms with E-state index < -0.39 is 0 Å². The molecule has 0 saturated carbocycles. The minimum Gasteiger partial charge on any atom is -0.454 e. The Hall–Kier alpha value is -3.26. The van der Waals surface area contributed by atoms with E-state index in [9.17, 15) is 9.70 Å². The van der Waals surface area contributed by atoms with Gasteiger partial charge >= 0.3 is 0 Å². The molecule has 0 amide bonds. The van der Waals surface area contributed by atoms with Gasteiger partial charge in [-0.2, -0.15) is 0 Å². The summed E-state index contributed by atoms with van der Waals surface area (Å²) in [6.07, 6.45) is 3.08. The summed E-state index contributed by atoms with van der Waals surface area (Å²) >= 11 is 0. The zero-order valence-corrected chi connectivity index (χ0v) is 14.3. The van der Waals surface area contributed by atoms with Gasteiger partial charge in [-0.25, -0.2) is 4.98 Å². The number of fused-ring (bicyclic) bond motifs is 2. The van der Waals surface area contributed by atoms with Crippen LogP contribution >= 0.6 is 0 Å². The van der Waals surface area contributed by atoms with Crippen molar-refractivity contribution in [3.8, 4) is 22.6 Å². The van der Waals surface area contributed by atoms with Gasteiger partial charge in [-0.15, -0.1) is 4.91 Å². The lowest BCUT2D eigenvalue weighted by molar-refractivity contribution is 0.174. The summed E-state index contributed by atoms with van der Waals surface area (Å²) in [4.78, 5) is 30.5. The molecule has 2 aromatic heterocycles. The highest BCUT2D eigenvalue weighted by Crippen LogP contribution is 2.35. The Bertz CT molecular complexity index is 1070. The van der Waals surface area contributed by atoms with Crippen LogP contribution in [0.1, 0.15) is 5.56 Å². The molecule has 0 saturated heterocycles. The number of nitroso groups, excluding NO2 is 1. The number of hydrogen-bond donors (Lipinski definition) is 0. The van der Waals surface area contributed by atoms with Crippen molar-refractivity contribution in [2.24, 2.45) is 5.18 Å². The molecule has 1 aromatic carbocycles. The summed E-state index contributed by atoms with van der Waals surface area (Å²) in [6, 6.07) is 6.99. The summed E-state index contributed by atoms with van der Waals surface area (Å²) in [5, 5.41) is 3.11. The predicted octanol–water partition coefficient (Wildman–Crippen LogP) is 2.55. The lowest BCUT2D eigenvalue weighted by Crippen LogP contribution is -2.18. The Morgan fingerprint density at radius 3 is 2.81 bits per heavy atom. The van der Waals surface area contributed by atoms with Gasteiger partial charge in [0.2, 0.25) is 6.79 Å². The van der Waals surface area contributed by atoms with E-state index in [0.717, 1.165) is 0 Å². The SMILES string of the molecule is CN(C)Cc1ccn2c(=O)c(-c3ccc4c(c3)OCO4)cnc2c1N=O. The van der Waals surface area contributed by atoms with Crippen LogP contribution in [0.5, 0.6) is 11.5 Å². The van der Waals surface area contributed by atoms with E-state index in [1.54, 1.807) is 30.5 Å². The van der Waals surface area contributed by atoms with Crippen LogP contribution < -0.4 is 15.0 Å². The molecule has 0 aliphatic carbocycles. The van der Waals surface area contributed by atoms with Gasteiger partial charge in [0.05, 0.1) is 5.56 Å². The summed E-state index contributed by atoms with van der Waals surface area (Å²) in [5.41, 5.74) is 1.92. The minimum atomic E-state index is -0.282. The smallest absolute Gasteiger partial charge is 0.265 e. The summed E-state index contributed by atoms with van der Waals surface area (Å²) < 4.78 is 12.0. The van der Waals surface area contributed by atoms with Crippen LogP contribution in [0.3, 0.4) is 0 Å². The van der Waals surface area contributed by atoms with Gasteiger partial charge in [0.15, 0.2) is 22.8 Å². The molecule has 1 aliphatic heterocycles. The van der Waals surface area contributed by atoms with Gasteiger partial charge in [-0.1, -0.05) is 6.07 Å². The highest BCUT2D eigenvalue weighted by molar-refractivity contribution is 5.72. The lowest BCUT2D eigenvalue weighted by atomic mass is 10.1. The first kappa shape index (κ1) is 16.2. The molecule has 0 N–H and O–H groups in total. The van der Waals surface area contributed by atoms with Crippen molar-refractivity contribution in [3.05, 3.63) is 57.5 Å². The second-order valence-electron chi connectivity index (χ2n) is 6.26. The maximum absolute atomic E-state index is 12.9. The van der Waals surface area contributed by atoms with Crippen molar-refractivity contribution >= 4 is 11.3 Å². The van der Waals surface area contributed by atoms with Crippen LogP contribution in [0.25, 0.3) is 16.8 Å². The van der Waals surface area contributed by atoms with Crippen LogP contribution in [-0.4, -0.2) is 35.2 Å². The number of benzene rings is 1. The fourth-order valence-corrected chi connectivity index (χ4v) is 3.00. The Balaban J connectivity index is 1.88. The summed E-state index contributed by atoms with van der Waals surface area (Å²) in [7, 11) is 3.78. The normalized spacial score (nSPS) is 12.7. The van der Waals surface area contributed by atoms with E-state index in [1.165, 1.54) is 10.6 Å². The highest BCUT2D eigenvalue weighted by atomic mass is 16.7. The van der Waals surface area contributed by atoms with Crippen molar-refractivity contribution in [1.82, 2.24) is 14.3 Å². The molecule has 0 fully saturated rings. The third-order valence-electron chi connectivity index (χ3n) is 4.20. The van der Waals surface area contributed by atoms with E-state index in [4.69, 9.17) is 9.47 Å². The van der Waals surface area contributed by atoms with E-state index in [0.29, 0.717) is 34.7 Å². The Kier molecular flexibility index (Phi) is 3.89. The lowest BCUT2D eigenvalue weighted by Gasteiger charge is -2.13. The average Bonchev–Trinajstić information content (AvgIpc) is 3.09. The van der Waals surface area contributed by atoms with Gasteiger partial charge in [-0.05, 0) is 43.0 Å². The molecule has 0 unspecified atom stereocenters. The van der Waals surface area contributed by atoms with Crippen LogP contribution in [-0.2, 0) is 6.54 Å². The van der Waals surface area contributed by atoms with Gasteiger partial charge in [0.25, 0.3) is 5.56 Å². The zero-order chi connectivity index (χ0) is 18.3. The number of pyridine rings is 1. The van der Waals surface area contributed by atoms with Gasteiger partial charge in [0, 0.05) is 24.5 Å². The molecule has 0 bridgehead atoms. The van der Waals surface area contributed by atoms with Crippen molar-refractivity contribution in [1.29, 1.82) is 0 Å². The quantitative estimate of drug-likeness (QED) is 0.671. The molecule has 0 spiro atoms. The molecular formula is C18H16N4O4. The Labute approximate surface area is 148 Å². The number of nitrogens with zero attached hydrogens (tertiary/aromatic N) is 4. The second-order valence-corrected chi connectivity index (χ2v) is 6.26. The standard InChI is InChI=1S/C18H16N4O4/c1-21(2)9-12-5-6-22-17(16(12)20-24)19-8-13(18(22)23)11-3-4-14-15(7-11)26-10-25-14/h3-8H,9-10H2,1-2H3. The van der Waals surface area contributed by atoms with E-state index in [-0.39, 0.29) is 23.7 Å². The van der Waals surface area contributed by atoms with Crippen molar-refractivity contribution < 1.29 is 9.47 Å². The molecule has 1 aliphatic rings. The second kappa shape index (κ2) is 6.23. The molecule has 3 heterocycles.